The molecule has 6 nitrogen and oxygen atoms in total. The van der Waals surface area contributed by atoms with Crippen LogP contribution in [0.2, 0.25) is 0 Å². The van der Waals surface area contributed by atoms with E-state index in [0.29, 0.717) is 5.56 Å². The Morgan fingerprint density at radius 1 is 1.40 bits per heavy atom. The van der Waals surface area contributed by atoms with Gasteiger partial charge in [-0.3, -0.25) is 0 Å². The van der Waals surface area contributed by atoms with Crippen molar-refractivity contribution in [1.29, 1.82) is 0 Å². The first-order valence-electron chi connectivity index (χ1n) is 5.48. The molecule has 20 heavy (non-hydrogen) atoms. The third-order valence-corrected chi connectivity index (χ3v) is 2.23. The van der Waals surface area contributed by atoms with Crippen molar-refractivity contribution in [3.63, 3.8) is 0 Å². The second-order valence-corrected chi connectivity index (χ2v) is 3.71. The average Bonchev–Trinajstić information content (AvgIpc) is 2.41. The monoisotopic (exact) mass is 288 g/mol. The number of nitrogens with one attached hydrogen (secondary N) is 1. The van der Waals surface area contributed by atoms with Gasteiger partial charge in [-0.1, -0.05) is 35.4 Å². The van der Waals surface area contributed by atoms with E-state index in [1.165, 1.54) is 0 Å². The van der Waals surface area contributed by atoms with Gasteiger partial charge in [0.05, 0.1) is 6.54 Å². The van der Waals surface area contributed by atoms with Crippen molar-refractivity contribution in [3.05, 3.63) is 46.3 Å². The van der Waals surface area contributed by atoms with Gasteiger partial charge in [0.15, 0.2) is 0 Å². The first-order valence-corrected chi connectivity index (χ1v) is 5.48. The normalized spacial score (nSPS) is 12.2. The van der Waals surface area contributed by atoms with Gasteiger partial charge in [0.2, 0.25) is 0 Å². The Morgan fingerprint density at radius 3 is 2.60 bits per heavy atom. The lowest BCUT2D eigenvalue weighted by atomic mass is 10.2. The van der Waals surface area contributed by atoms with Gasteiger partial charge in [-0.05, 0) is 11.1 Å². The number of hydrogen-bond acceptors (Lipinski definition) is 3. The molecule has 0 aliphatic carbocycles. The first kappa shape index (κ1) is 15.6. The van der Waals surface area contributed by atoms with Gasteiger partial charge in [0.1, 0.15) is 12.6 Å². The Bertz CT molecular complexity index is 486. The number of carbonyl (C=O) groups is 1. The molecule has 1 atom stereocenters. The van der Waals surface area contributed by atoms with E-state index >= 15 is 0 Å². The molecule has 9 heteroatoms. The molecule has 1 unspecified atom stereocenters. The van der Waals surface area contributed by atoms with Gasteiger partial charge < -0.3 is 10.1 Å². The molecule has 0 bridgehead atoms. The highest BCUT2D eigenvalue weighted by atomic mass is 19.4. The fraction of sp³-hybridized carbons (Fsp3) is 0.364. The molecule has 1 amide bonds. The Hall–Kier alpha value is -2.41. The minimum absolute atomic E-state index is 0.154. The smallest absolute Gasteiger partial charge is 0.408 e. The first-order chi connectivity index (χ1) is 9.43. The highest BCUT2D eigenvalue weighted by molar-refractivity contribution is 5.67. The molecule has 1 aromatic rings. The molecule has 0 spiro atoms. The van der Waals surface area contributed by atoms with Crippen molar-refractivity contribution < 1.29 is 22.7 Å². The SMILES string of the molecule is [N-]=[N+]=NCC(NC(=O)OCc1ccccc1)C(F)(F)F. The van der Waals surface area contributed by atoms with Crippen LogP contribution in [0.15, 0.2) is 35.4 Å². The molecule has 0 aliphatic rings. The standard InChI is InChI=1S/C11H11F3N4O2/c12-11(13,14)9(6-16-18-15)17-10(19)20-7-8-4-2-1-3-5-8/h1-5,9H,6-7H2,(H,17,19). The highest BCUT2D eigenvalue weighted by Crippen LogP contribution is 2.20. The molecule has 1 rings (SSSR count). The van der Waals surface area contributed by atoms with E-state index in [-0.39, 0.29) is 6.61 Å². The molecule has 0 aromatic heterocycles. The molecule has 0 saturated carbocycles. The van der Waals surface area contributed by atoms with Crippen LogP contribution in [0.3, 0.4) is 0 Å². The number of amides is 1. The van der Waals surface area contributed by atoms with E-state index in [2.05, 4.69) is 14.8 Å². The van der Waals surface area contributed by atoms with Crippen LogP contribution in [0.4, 0.5) is 18.0 Å². The third-order valence-electron chi connectivity index (χ3n) is 2.23. The van der Waals surface area contributed by atoms with Crippen molar-refractivity contribution in [2.24, 2.45) is 5.11 Å². The van der Waals surface area contributed by atoms with Crippen LogP contribution >= 0.6 is 0 Å². The molecule has 0 radical (unpaired) electrons. The summed E-state index contributed by atoms with van der Waals surface area (Å²) in [6.45, 7) is -1.08. The summed E-state index contributed by atoms with van der Waals surface area (Å²) in [5.41, 5.74) is 8.65. The second-order valence-electron chi connectivity index (χ2n) is 3.71. The number of azide groups is 1. The molecular formula is C11H11F3N4O2. The topological polar surface area (TPSA) is 87.1 Å². The number of benzene rings is 1. The fourth-order valence-corrected chi connectivity index (χ4v) is 1.26. The second kappa shape index (κ2) is 7.25. The van der Waals surface area contributed by atoms with Crippen LogP contribution in [0.1, 0.15) is 5.56 Å². The van der Waals surface area contributed by atoms with E-state index in [1.807, 2.05) is 0 Å². The lowest BCUT2D eigenvalue weighted by molar-refractivity contribution is -0.151. The number of ether oxygens (including phenoxy) is 1. The van der Waals surface area contributed by atoms with E-state index in [1.54, 1.807) is 35.6 Å². The predicted molar refractivity (Wildman–Crippen MR) is 63.6 cm³/mol. The van der Waals surface area contributed by atoms with Gasteiger partial charge in [-0.2, -0.15) is 13.2 Å². The van der Waals surface area contributed by atoms with Crippen LogP contribution in [0.25, 0.3) is 10.4 Å². The maximum Gasteiger partial charge on any atom is 0.408 e. The molecule has 0 fully saturated rings. The predicted octanol–water partition coefficient (Wildman–Crippen LogP) is 3.15. The van der Waals surface area contributed by atoms with E-state index in [9.17, 15) is 18.0 Å². The molecule has 0 heterocycles. The summed E-state index contributed by atoms with van der Waals surface area (Å²) in [6.07, 6.45) is -5.95. The summed E-state index contributed by atoms with van der Waals surface area (Å²) in [6, 6.07) is 6.21. The van der Waals surface area contributed by atoms with E-state index in [4.69, 9.17) is 5.53 Å². The van der Waals surface area contributed by atoms with Crippen molar-refractivity contribution in [1.82, 2.24) is 5.32 Å². The quantitative estimate of drug-likeness (QED) is 0.512. The zero-order chi connectivity index (χ0) is 15.0. The Balaban J connectivity index is 2.51. The van der Waals surface area contributed by atoms with Gasteiger partial charge in [0, 0.05) is 4.91 Å². The van der Waals surface area contributed by atoms with Crippen molar-refractivity contribution >= 4 is 6.09 Å². The lowest BCUT2D eigenvalue weighted by Crippen LogP contribution is -2.47. The van der Waals surface area contributed by atoms with Crippen LogP contribution in [-0.2, 0) is 11.3 Å². The van der Waals surface area contributed by atoms with Crippen molar-refractivity contribution in [2.45, 2.75) is 18.8 Å². The van der Waals surface area contributed by atoms with Crippen LogP contribution in [0.5, 0.6) is 0 Å². The zero-order valence-electron chi connectivity index (χ0n) is 10.2. The molecule has 1 N–H and O–H groups in total. The number of rotatable bonds is 5. The largest absolute Gasteiger partial charge is 0.445 e. The lowest BCUT2D eigenvalue weighted by Gasteiger charge is -2.19. The number of halogens is 3. The molecule has 0 aliphatic heterocycles. The Labute approximate surface area is 112 Å². The van der Waals surface area contributed by atoms with E-state index in [0.717, 1.165) is 0 Å². The highest BCUT2D eigenvalue weighted by Gasteiger charge is 2.40. The van der Waals surface area contributed by atoms with Gasteiger partial charge in [-0.25, -0.2) is 4.79 Å². The van der Waals surface area contributed by atoms with Gasteiger partial charge in [-0.15, -0.1) is 0 Å². The summed E-state index contributed by atoms with van der Waals surface area (Å²) in [7, 11) is 0. The number of hydrogen-bond donors (Lipinski definition) is 1. The molecule has 108 valence electrons. The van der Waals surface area contributed by atoms with Crippen LogP contribution in [0, 0.1) is 0 Å². The number of alkyl halides is 3. The van der Waals surface area contributed by atoms with Crippen LogP contribution in [-0.4, -0.2) is 24.9 Å². The molecule has 1 aromatic carbocycles. The molecule has 0 saturated heterocycles. The summed E-state index contributed by atoms with van der Waals surface area (Å²) in [5.74, 6) is 0. The average molecular weight is 288 g/mol. The number of alkyl carbamates (subject to hydrolysis) is 1. The minimum Gasteiger partial charge on any atom is -0.445 e. The Kier molecular flexibility index (Phi) is 5.67. The summed E-state index contributed by atoms with van der Waals surface area (Å²) in [4.78, 5) is 13.5. The van der Waals surface area contributed by atoms with Gasteiger partial charge in [0.25, 0.3) is 0 Å². The molecular weight excluding hydrogens is 277 g/mol. The maximum absolute atomic E-state index is 12.5. The maximum atomic E-state index is 12.5. The van der Waals surface area contributed by atoms with Gasteiger partial charge >= 0.3 is 12.3 Å². The zero-order valence-corrected chi connectivity index (χ0v) is 10.2. The summed E-state index contributed by atoms with van der Waals surface area (Å²) < 4.78 is 42.2. The third kappa shape index (κ3) is 5.49. The van der Waals surface area contributed by atoms with Crippen LogP contribution < -0.4 is 5.32 Å². The number of nitrogens with zero attached hydrogens (tertiary/aromatic N) is 3. The fourth-order valence-electron chi connectivity index (χ4n) is 1.26. The summed E-state index contributed by atoms with van der Waals surface area (Å²) in [5, 5.41) is 4.41. The Morgan fingerprint density at radius 2 is 2.05 bits per heavy atom. The van der Waals surface area contributed by atoms with Crippen molar-refractivity contribution in [2.75, 3.05) is 6.54 Å². The summed E-state index contributed by atoms with van der Waals surface area (Å²) >= 11 is 0. The number of carbonyl (C=O) groups excluding carboxylic acids is 1. The minimum atomic E-state index is -4.72. The van der Waals surface area contributed by atoms with Crippen molar-refractivity contribution in [3.8, 4) is 0 Å². The van der Waals surface area contributed by atoms with E-state index < -0.39 is 24.9 Å².